The van der Waals surface area contributed by atoms with Gasteiger partial charge in [0.05, 0.1) is 27.5 Å². The molecule has 1 aromatic carbocycles. The smallest absolute Gasteiger partial charge is 0.161 e. The number of carbonyl (C=O) groups excluding carboxylic acids is 1. The minimum Gasteiger partial charge on any atom is -0.384 e. The Labute approximate surface area is 194 Å². The van der Waals surface area contributed by atoms with Gasteiger partial charge in [-0.2, -0.15) is 5.26 Å². The van der Waals surface area contributed by atoms with Crippen LogP contribution in [-0.4, -0.2) is 11.5 Å². The fourth-order valence-electron chi connectivity index (χ4n) is 4.13. The van der Waals surface area contributed by atoms with Crippen LogP contribution in [0.25, 0.3) is 0 Å². The average Bonchev–Trinajstić information content (AvgIpc) is 3.14. The van der Waals surface area contributed by atoms with Crippen molar-refractivity contribution in [3.63, 3.8) is 0 Å². The number of nitrogens with two attached hydrogens (primary N) is 1. The van der Waals surface area contributed by atoms with Crippen molar-refractivity contribution in [2.24, 2.45) is 5.73 Å². The van der Waals surface area contributed by atoms with Crippen molar-refractivity contribution in [2.75, 3.05) is 10.7 Å². The number of thiophene rings is 1. The third-order valence-corrected chi connectivity index (χ3v) is 7.85. The standard InChI is InChI=1S/C22H19Cl2N3OS2/c1-2-29-22-15(6-7-30-22)19-16(11-25)21(26)27(14-9-12(23)8-13(24)10-14)17-4-3-5-18(28)20(17)19/h6-10,19H,2-5,26H2,1H3/t19-/m0/s1. The van der Waals surface area contributed by atoms with Gasteiger partial charge in [-0.1, -0.05) is 30.1 Å². The molecule has 2 N–H and O–H groups in total. The summed E-state index contributed by atoms with van der Waals surface area (Å²) >= 11 is 15.8. The molecule has 4 nitrogen and oxygen atoms in total. The average molecular weight is 476 g/mol. The molecule has 1 atom stereocenters. The number of carbonyl (C=O) groups is 1. The van der Waals surface area contributed by atoms with E-state index in [1.54, 1.807) is 46.2 Å². The van der Waals surface area contributed by atoms with Crippen LogP contribution in [0, 0.1) is 11.3 Å². The molecular formula is C22H19Cl2N3OS2. The zero-order chi connectivity index (χ0) is 21.4. The summed E-state index contributed by atoms with van der Waals surface area (Å²) in [6.07, 6.45) is 1.91. The quantitative estimate of drug-likeness (QED) is 0.512. The largest absolute Gasteiger partial charge is 0.384 e. The molecule has 1 aliphatic heterocycles. The predicted octanol–water partition coefficient (Wildman–Crippen LogP) is 6.47. The molecule has 1 aliphatic carbocycles. The zero-order valence-corrected chi connectivity index (χ0v) is 19.4. The molecule has 154 valence electrons. The van der Waals surface area contributed by atoms with Gasteiger partial charge >= 0.3 is 0 Å². The van der Waals surface area contributed by atoms with Crippen molar-refractivity contribution in [3.05, 3.63) is 67.9 Å². The summed E-state index contributed by atoms with van der Waals surface area (Å²) in [5.41, 5.74) is 10.1. The van der Waals surface area contributed by atoms with E-state index in [9.17, 15) is 10.1 Å². The lowest BCUT2D eigenvalue weighted by Crippen LogP contribution is -2.38. The van der Waals surface area contributed by atoms with Crippen LogP contribution < -0.4 is 10.6 Å². The fraction of sp³-hybridized carbons (Fsp3) is 0.273. The third-order valence-electron chi connectivity index (χ3n) is 5.26. The van der Waals surface area contributed by atoms with Gasteiger partial charge in [-0.25, -0.2) is 0 Å². The zero-order valence-electron chi connectivity index (χ0n) is 16.2. The molecule has 0 saturated carbocycles. The lowest BCUT2D eigenvalue weighted by Gasteiger charge is -2.39. The summed E-state index contributed by atoms with van der Waals surface area (Å²) in [7, 11) is 0. The number of anilines is 1. The van der Waals surface area contributed by atoms with Gasteiger partial charge in [-0.15, -0.1) is 23.1 Å². The van der Waals surface area contributed by atoms with Gasteiger partial charge in [0.25, 0.3) is 0 Å². The Hall–Kier alpha value is -1.91. The molecule has 1 aromatic heterocycles. The first-order valence-electron chi connectivity index (χ1n) is 9.58. The van der Waals surface area contributed by atoms with Crippen LogP contribution in [0.15, 0.2) is 56.5 Å². The van der Waals surface area contributed by atoms with Crippen LogP contribution in [0.4, 0.5) is 5.69 Å². The first-order valence-corrected chi connectivity index (χ1v) is 12.2. The summed E-state index contributed by atoms with van der Waals surface area (Å²) in [6, 6.07) is 9.46. The molecule has 2 aromatic rings. The number of allylic oxidation sites excluding steroid dienone is 3. The highest BCUT2D eigenvalue weighted by Crippen LogP contribution is 2.49. The van der Waals surface area contributed by atoms with Gasteiger partial charge in [-0.05, 0) is 53.8 Å². The number of hydrogen-bond donors (Lipinski definition) is 1. The Morgan fingerprint density at radius 1 is 1.30 bits per heavy atom. The van der Waals surface area contributed by atoms with E-state index in [-0.39, 0.29) is 5.78 Å². The number of halogens is 2. The summed E-state index contributed by atoms with van der Waals surface area (Å²) in [5.74, 6) is 0.865. The van der Waals surface area contributed by atoms with Crippen LogP contribution in [0.3, 0.4) is 0 Å². The number of nitriles is 1. The first kappa shape index (κ1) is 21.3. The molecule has 0 radical (unpaired) electrons. The van der Waals surface area contributed by atoms with Crippen molar-refractivity contribution < 1.29 is 4.79 Å². The molecule has 0 saturated heterocycles. The Bertz CT molecular complexity index is 1110. The predicted molar refractivity (Wildman–Crippen MR) is 125 cm³/mol. The molecule has 0 fully saturated rings. The van der Waals surface area contributed by atoms with Gasteiger partial charge in [-0.3, -0.25) is 9.69 Å². The van der Waals surface area contributed by atoms with Crippen molar-refractivity contribution in [3.8, 4) is 6.07 Å². The van der Waals surface area contributed by atoms with E-state index in [1.807, 2.05) is 11.4 Å². The van der Waals surface area contributed by atoms with E-state index < -0.39 is 5.92 Å². The second-order valence-corrected chi connectivity index (χ2v) is 10.4. The van der Waals surface area contributed by atoms with E-state index in [0.29, 0.717) is 45.5 Å². The monoisotopic (exact) mass is 475 g/mol. The number of rotatable bonds is 4. The summed E-state index contributed by atoms with van der Waals surface area (Å²) in [4.78, 5) is 15.0. The van der Waals surface area contributed by atoms with Gasteiger partial charge in [0.1, 0.15) is 5.82 Å². The molecular weight excluding hydrogens is 457 g/mol. The van der Waals surface area contributed by atoms with E-state index in [2.05, 4.69) is 13.0 Å². The van der Waals surface area contributed by atoms with E-state index >= 15 is 0 Å². The number of thioether (sulfide) groups is 1. The lowest BCUT2D eigenvalue weighted by molar-refractivity contribution is -0.116. The van der Waals surface area contributed by atoms with E-state index in [1.165, 1.54) is 0 Å². The van der Waals surface area contributed by atoms with Crippen molar-refractivity contribution >= 4 is 57.8 Å². The summed E-state index contributed by atoms with van der Waals surface area (Å²) in [6.45, 7) is 2.09. The Kier molecular flexibility index (Phi) is 6.17. The molecule has 0 spiro atoms. The van der Waals surface area contributed by atoms with Crippen molar-refractivity contribution in [2.45, 2.75) is 36.3 Å². The van der Waals surface area contributed by atoms with Crippen LogP contribution in [0.1, 0.15) is 37.7 Å². The maximum atomic E-state index is 13.2. The normalized spacial score (nSPS) is 19.2. The molecule has 0 amide bonds. The van der Waals surface area contributed by atoms with Crippen LogP contribution >= 0.6 is 46.3 Å². The summed E-state index contributed by atoms with van der Waals surface area (Å²) in [5, 5.41) is 13.0. The first-order chi connectivity index (χ1) is 14.5. The molecule has 30 heavy (non-hydrogen) atoms. The van der Waals surface area contributed by atoms with Gasteiger partial charge < -0.3 is 5.73 Å². The lowest BCUT2D eigenvalue weighted by atomic mass is 9.76. The topological polar surface area (TPSA) is 70.1 Å². The van der Waals surface area contributed by atoms with Crippen LogP contribution in [-0.2, 0) is 4.79 Å². The Balaban J connectivity index is 1.97. The number of ketones is 1. The highest BCUT2D eigenvalue weighted by molar-refractivity contribution is 8.01. The van der Waals surface area contributed by atoms with E-state index in [0.717, 1.165) is 27.6 Å². The minimum atomic E-state index is -0.441. The van der Waals surface area contributed by atoms with Crippen LogP contribution in [0.2, 0.25) is 10.0 Å². The SMILES string of the molecule is CCSc1sccc1[C@H]1C(C#N)=C(N)N(c2cc(Cl)cc(Cl)c2)C2=C1C(=O)CCC2. The molecule has 8 heteroatoms. The van der Waals surface area contributed by atoms with Crippen LogP contribution in [0.5, 0.6) is 0 Å². The maximum Gasteiger partial charge on any atom is 0.161 e. The summed E-state index contributed by atoms with van der Waals surface area (Å²) < 4.78 is 1.12. The number of nitrogens with zero attached hydrogens (tertiary/aromatic N) is 2. The highest BCUT2D eigenvalue weighted by atomic mass is 35.5. The number of benzene rings is 1. The molecule has 2 aliphatic rings. The molecule has 0 bridgehead atoms. The Morgan fingerprint density at radius 3 is 2.70 bits per heavy atom. The van der Waals surface area contributed by atoms with Gasteiger partial charge in [0.2, 0.25) is 0 Å². The highest BCUT2D eigenvalue weighted by Gasteiger charge is 2.41. The van der Waals surface area contributed by atoms with Gasteiger partial charge in [0, 0.05) is 27.7 Å². The van der Waals surface area contributed by atoms with E-state index in [4.69, 9.17) is 28.9 Å². The minimum absolute atomic E-state index is 0.0678. The maximum absolute atomic E-state index is 13.2. The second-order valence-electron chi connectivity index (χ2n) is 7.04. The molecule has 2 heterocycles. The van der Waals surface area contributed by atoms with Gasteiger partial charge in [0.15, 0.2) is 5.78 Å². The second kappa shape index (κ2) is 8.68. The Morgan fingerprint density at radius 2 is 2.03 bits per heavy atom. The fourth-order valence-corrected chi connectivity index (χ4v) is 6.71. The van der Waals surface area contributed by atoms with Crippen molar-refractivity contribution in [1.82, 2.24) is 0 Å². The van der Waals surface area contributed by atoms with Crippen molar-refractivity contribution in [1.29, 1.82) is 5.26 Å². The molecule has 0 unspecified atom stereocenters. The molecule has 4 rings (SSSR count). The number of Topliss-reactive ketones (excluding diaryl/α,β-unsaturated/α-hetero) is 1. The number of hydrogen-bond acceptors (Lipinski definition) is 6. The third kappa shape index (κ3) is 3.65.